The van der Waals surface area contributed by atoms with E-state index in [1.807, 2.05) is 0 Å². The maximum atomic E-state index is 14.2. The van der Waals surface area contributed by atoms with Crippen LogP contribution >= 0.6 is 11.6 Å². The average Bonchev–Trinajstić information content (AvgIpc) is 3.34. The molecule has 3 heterocycles. The monoisotopic (exact) mass is 428 g/mol. The first kappa shape index (κ1) is 18.3. The Balaban J connectivity index is 1.59. The highest BCUT2D eigenvalue weighted by Gasteiger charge is 2.26. The van der Waals surface area contributed by atoms with Gasteiger partial charge in [0, 0.05) is 16.6 Å². The van der Waals surface area contributed by atoms with Crippen molar-refractivity contribution in [3.8, 4) is 0 Å². The molecule has 1 aliphatic carbocycles. The van der Waals surface area contributed by atoms with E-state index in [4.69, 9.17) is 11.6 Å². The first-order valence-corrected chi connectivity index (χ1v) is 9.42. The van der Waals surface area contributed by atoms with Crippen LogP contribution in [0, 0.1) is 5.82 Å². The first-order chi connectivity index (χ1) is 14.5. The Morgan fingerprint density at radius 3 is 2.80 bits per heavy atom. The molecule has 0 spiro atoms. The summed E-state index contributed by atoms with van der Waals surface area (Å²) >= 11 is 5.96. The SMILES string of the molecule is O=C1NC(=O)/C(=C/c2cnn3c(NC4CC4)nc(Nc4cc(Cl)ccc4F)nc23)N1. The number of carbonyl (C=O) groups is 2. The van der Waals surface area contributed by atoms with Crippen LogP contribution in [-0.4, -0.2) is 37.6 Å². The molecule has 10 nitrogen and oxygen atoms in total. The van der Waals surface area contributed by atoms with E-state index in [0.29, 0.717) is 22.2 Å². The number of imide groups is 1. The fourth-order valence-corrected chi connectivity index (χ4v) is 3.08. The molecule has 2 aliphatic rings. The summed E-state index contributed by atoms with van der Waals surface area (Å²) in [6, 6.07) is 3.77. The fourth-order valence-electron chi connectivity index (χ4n) is 2.91. The highest BCUT2D eigenvalue weighted by Crippen LogP contribution is 2.27. The summed E-state index contributed by atoms with van der Waals surface area (Å²) in [5.74, 6) is -0.534. The van der Waals surface area contributed by atoms with Gasteiger partial charge in [-0.05, 0) is 37.1 Å². The van der Waals surface area contributed by atoms with Gasteiger partial charge < -0.3 is 16.0 Å². The normalized spacial score (nSPS) is 17.3. The summed E-state index contributed by atoms with van der Waals surface area (Å²) in [5.41, 5.74) is 1.02. The first-order valence-electron chi connectivity index (χ1n) is 9.05. The Morgan fingerprint density at radius 2 is 2.07 bits per heavy atom. The van der Waals surface area contributed by atoms with Gasteiger partial charge in [0.1, 0.15) is 11.5 Å². The van der Waals surface area contributed by atoms with E-state index in [1.54, 1.807) is 0 Å². The lowest BCUT2D eigenvalue weighted by molar-refractivity contribution is -0.115. The van der Waals surface area contributed by atoms with E-state index in [1.165, 1.54) is 35.0 Å². The molecular weight excluding hydrogens is 415 g/mol. The highest BCUT2D eigenvalue weighted by atomic mass is 35.5. The zero-order valence-corrected chi connectivity index (χ0v) is 16.0. The molecule has 0 unspecified atom stereocenters. The zero-order chi connectivity index (χ0) is 20.8. The minimum atomic E-state index is -0.604. The predicted molar refractivity (Wildman–Crippen MR) is 107 cm³/mol. The van der Waals surface area contributed by atoms with Crippen LogP contribution in [0.3, 0.4) is 0 Å². The molecule has 0 atom stereocenters. The van der Waals surface area contributed by atoms with Crippen LogP contribution in [0.25, 0.3) is 11.7 Å². The van der Waals surface area contributed by atoms with Crippen LogP contribution in [0.2, 0.25) is 5.02 Å². The third kappa shape index (κ3) is 3.50. The van der Waals surface area contributed by atoms with Gasteiger partial charge in [-0.1, -0.05) is 11.6 Å². The largest absolute Gasteiger partial charge is 0.351 e. The van der Waals surface area contributed by atoms with Crippen molar-refractivity contribution in [2.75, 3.05) is 10.6 Å². The van der Waals surface area contributed by atoms with Gasteiger partial charge >= 0.3 is 6.03 Å². The van der Waals surface area contributed by atoms with Gasteiger partial charge in [-0.15, -0.1) is 0 Å². The van der Waals surface area contributed by atoms with E-state index in [-0.39, 0.29) is 23.4 Å². The summed E-state index contributed by atoms with van der Waals surface area (Å²) in [6.45, 7) is 0. The number of nitrogens with one attached hydrogen (secondary N) is 4. The molecule has 1 saturated heterocycles. The van der Waals surface area contributed by atoms with Gasteiger partial charge in [0.05, 0.1) is 11.9 Å². The van der Waals surface area contributed by atoms with Crippen molar-refractivity contribution in [2.45, 2.75) is 18.9 Å². The molecule has 1 aliphatic heterocycles. The molecule has 3 aromatic rings. The van der Waals surface area contributed by atoms with Crippen LogP contribution in [-0.2, 0) is 4.79 Å². The molecule has 5 rings (SSSR count). The number of aromatic nitrogens is 4. The van der Waals surface area contributed by atoms with Gasteiger partial charge in [-0.25, -0.2) is 9.18 Å². The number of amides is 3. The third-order valence-electron chi connectivity index (χ3n) is 4.50. The summed E-state index contributed by atoms with van der Waals surface area (Å²) in [7, 11) is 0. The Labute approximate surface area is 173 Å². The van der Waals surface area contributed by atoms with Crippen molar-refractivity contribution in [3.05, 3.63) is 46.5 Å². The predicted octanol–water partition coefficient (Wildman–Crippen LogP) is 2.42. The Bertz CT molecular complexity index is 1240. The lowest BCUT2D eigenvalue weighted by Gasteiger charge is -2.11. The minimum Gasteiger partial charge on any atom is -0.351 e. The van der Waals surface area contributed by atoms with E-state index in [0.717, 1.165) is 12.8 Å². The van der Waals surface area contributed by atoms with Crippen molar-refractivity contribution < 1.29 is 14.0 Å². The highest BCUT2D eigenvalue weighted by molar-refractivity contribution is 6.30. The number of hydrogen-bond acceptors (Lipinski definition) is 7. The molecule has 0 radical (unpaired) electrons. The third-order valence-corrected chi connectivity index (χ3v) is 4.74. The number of fused-ring (bicyclic) bond motifs is 1. The van der Waals surface area contributed by atoms with Crippen LogP contribution in [0.5, 0.6) is 0 Å². The number of anilines is 3. The number of benzene rings is 1. The topological polar surface area (TPSA) is 125 Å². The number of rotatable bonds is 5. The molecule has 12 heteroatoms. The number of halogens is 2. The van der Waals surface area contributed by atoms with Gasteiger partial charge in [0.15, 0.2) is 5.65 Å². The molecule has 0 bridgehead atoms. The Hall–Kier alpha value is -3.73. The summed E-state index contributed by atoms with van der Waals surface area (Å²) in [4.78, 5) is 32.0. The van der Waals surface area contributed by atoms with Crippen LogP contribution in [0.15, 0.2) is 30.1 Å². The van der Waals surface area contributed by atoms with Crippen molar-refractivity contribution in [1.29, 1.82) is 0 Å². The quantitative estimate of drug-likeness (QED) is 0.363. The maximum absolute atomic E-state index is 14.2. The molecule has 4 N–H and O–H groups in total. The molecule has 152 valence electrons. The molecule has 2 aromatic heterocycles. The fraction of sp³-hybridized carbons (Fsp3) is 0.167. The van der Waals surface area contributed by atoms with Crippen molar-refractivity contribution in [1.82, 2.24) is 30.2 Å². The second-order valence-corrected chi connectivity index (χ2v) is 7.28. The van der Waals surface area contributed by atoms with E-state index >= 15 is 0 Å². The van der Waals surface area contributed by atoms with Gasteiger partial charge in [-0.2, -0.15) is 19.6 Å². The summed E-state index contributed by atoms with van der Waals surface area (Å²) < 4.78 is 15.6. The maximum Gasteiger partial charge on any atom is 0.326 e. The van der Waals surface area contributed by atoms with Gasteiger partial charge in [0.2, 0.25) is 11.9 Å². The second-order valence-electron chi connectivity index (χ2n) is 6.84. The second kappa shape index (κ2) is 6.95. The molecule has 2 fully saturated rings. The van der Waals surface area contributed by atoms with Crippen molar-refractivity contribution in [2.24, 2.45) is 0 Å². The zero-order valence-electron chi connectivity index (χ0n) is 15.2. The summed E-state index contributed by atoms with van der Waals surface area (Å²) in [6.07, 6.45) is 4.96. The number of hydrogen-bond donors (Lipinski definition) is 4. The smallest absolute Gasteiger partial charge is 0.326 e. The molecule has 1 aromatic carbocycles. The molecule has 1 saturated carbocycles. The van der Waals surface area contributed by atoms with E-state index < -0.39 is 17.8 Å². The average molecular weight is 429 g/mol. The standard InChI is InChI=1S/C18H14ClFN8O2/c19-9-1-4-11(20)12(6-9)23-16-25-14-8(5-13-15(29)26-18(30)24-13)7-21-28(14)17(27-16)22-10-2-3-10/h1,4-7,10H,2-3H2,(H2,22,23,25,27)(H2,24,26,29,30)/b13-5-. The molecule has 3 amide bonds. The van der Waals surface area contributed by atoms with Gasteiger partial charge in [0.25, 0.3) is 5.91 Å². The Morgan fingerprint density at radius 1 is 1.23 bits per heavy atom. The number of urea groups is 1. The minimum absolute atomic E-state index is 0.0700. The van der Waals surface area contributed by atoms with Crippen molar-refractivity contribution in [3.63, 3.8) is 0 Å². The lowest BCUT2D eigenvalue weighted by Crippen LogP contribution is -2.22. The number of nitrogens with zero attached hydrogens (tertiary/aromatic N) is 4. The van der Waals surface area contributed by atoms with Crippen molar-refractivity contribution >= 4 is 52.8 Å². The van der Waals surface area contributed by atoms with Crippen LogP contribution in [0.1, 0.15) is 18.4 Å². The van der Waals surface area contributed by atoms with Gasteiger partial charge in [-0.3, -0.25) is 10.1 Å². The van der Waals surface area contributed by atoms with E-state index in [9.17, 15) is 14.0 Å². The summed E-state index contributed by atoms with van der Waals surface area (Å²) in [5, 5.41) is 15.3. The van der Waals surface area contributed by atoms with Crippen LogP contribution < -0.4 is 21.3 Å². The molecule has 30 heavy (non-hydrogen) atoms. The molecular formula is C18H14ClFN8O2. The lowest BCUT2D eigenvalue weighted by atomic mass is 10.2. The van der Waals surface area contributed by atoms with E-state index in [2.05, 4.69) is 36.3 Å². The number of carbonyl (C=O) groups excluding carboxylic acids is 2. The Kier molecular flexibility index (Phi) is 4.24. The van der Waals surface area contributed by atoms with Crippen LogP contribution in [0.4, 0.5) is 26.8 Å².